The molecule has 0 atom stereocenters. The Kier molecular flexibility index (Phi) is 5.93. The van der Waals surface area contributed by atoms with E-state index in [-0.39, 0.29) is 10.7 Å². The SMILES string of the molecule is FC(F)(F)c1ccc(Cl)c(-n2nc(Cc3ccc(Cl)cc3Cl)c3c2NCCCC3)c1. The Morgan fingerprint density at radius 1 is 1.00 bits per heavy atom. The van der Waals surface area contributed by atoms with Crippen LogP contribution in [0.15, 0.2) is 36.4 Å². The van der Waals surface area contributed by atoms with Crippen LogP contribution in [-0.4, -0.2) is 16.3 Å². The molecule has 158 valence electrons. The quantitative estimate of drug-likeness (QED) is 0.435. The molecule has 9 heteroatoms. The highest BCUT2D eigenvalue weighted by atomic mass is 35.5. The number of halogens is 6. The van der Waals surface area contributed by atoms with Gasteiger partial charge in [-0.1, -0.05) is 40.9 Å². The topological polar surface area (TPSA) is 29.9 Å². The van der Waals surface area contributed by atoms with Gasteiger partial charge in [0.15, 0.2) is 0 Å². The molecule has 1 N–H and O–H groups in total. The number of nitrogens with one attached hydrogen (secondary N) is 1. The molecule has 3 nitrogen and oxygen atoms in total. The Balaban J connectivity index is 1.84. The number of alkyl halides is 3. The van der Waals surface area contributed by atoms with Crippen LogP contribution < -0.4 is 5.32 Å². The number of nitrogens with zero attached hydrogens (tertiary/aromatic N) is 2. The van der Waals surface area contributed by atoms with Crippen LogP contribution in [0.3, 0.4) is 0 Å². The van der Waals surface area contributed by atoms with Crippen molar-refractivity contribution in [1.29, 1.82) is 0 Å². The predicted octanol–water partition coefficient (Wildman–Crippen LogP) is 7.19. The second-order valence-electron chi connectivity index (χ2n) is 7.15. The zero-order valence-corrected chi connectivity index (χ0v) is 17.9. The van der Waals surface area contributed by atoms with Crippen LogP contribution in [0.2, 0.25) is 15.1 Å². The van der Waals surface area contributed by atoms with Crippen LogP contribution >= 0.6 is 34.8 Å². The van der Waals surface area contributed by atoms with Gasteiger partial charge in [-0.3, -0.25) is 0 Å². The minimum atomic E-state index is -4.48. The molecule has 0 saturated heterocycles. The fourth-order valence-corrected chi connectivity index (χ4v) is 4.26. The average molecular weight is 475 g/mol. The number of anilines is 1. The van der Waals surface area contributed by atoms with E-state index < -0.39 is 11.7 Å². The van der Waals surface area contributed by atoms with Gasteiger partial charge in [-0.05, 0) is 55.2 Å². The Hall–Kier alpha value is -1.89. The molecule has 1 aliphatic heterocycles. The van der Waals surface area contributed by atoms with E-state index in [4.69, 9.17) is 34.8 Å². The summed E-state index contributed by atoms with van der Waals surface area (Å²) in [4.78, 5) is 0. The van der Waals surface area contributed by atoms with E-state index in [1.165, 1.54) is 10.7 Å². The third-order valence-corrected chi connectivity index (χ3v) is 5.99. The number of fused-ring (bicyclic) bond motifs is 1. The molecule has 0 saturated carbocycles. The fraction of sp³-hybridized carbons (Fsp3) is 0.286. The van der Waals surface area contributed by atoms with Crippen molar-refractivity contribution in [2.24, 2.45) is 0 Å². The number of benzene rings is 2. The zero-order chi connectivity index (χ0) is 21.5. The maximum atomic E-state index is 13.3. The van der Waals surface area contributed by atoms with Gasteiger partial charge in [-0.2, -0.15) is 18.3 Å². The van der Waals surface area contributed by atoms with Gasteiger partial charge in [0.1, 0.15) is 5.82 Å². The third-order valence-electron chi connectivity index (χ3n) is 5.09. The fourth-order valence-electron chi connectivity index (χ4n) is 3.59. The lowest BCUT2D eigenvalue weighted by molar-refractivity contribution is -0.137. The zero-order valence-electron chi connectivity index (χ0n) is 15.7. The Bertz CT molecular complexity index is 1090. The Morgan fingerprint density at radius 2 is 1.80 bits per heavy atom. The first-order valence-corrected chi connectivity index (χ1v) is 10.5. The smallest absolute Gasteiger partial charge is 0.370 e. The summed E-state index contributed by atoms with van der Waals surface area (Å²) >= 11 is 18.6. The van der Waals surface area contributed by atoms with Crippen molar-refractivity contribution in [3.63, 3.8) is 0 Å². The summed E-state index contributed by atoms with van der Waals surface area (Å²) in [7, 11) is 0. The van der Waals surface area contributed by atoms with Crippen LogP contribution in [0.5, 0.6) is 0 Å². The van der Waals surface area contributed by atoms with E-state index in [0.717, 1.165) is 48.2 Å². The standard InChI is InChI=1S/C21H17Cl3F3N3/c22-14-6-4-12(17(24)11-14)9-18-15-3-1-2-8-28-20(15)30(29-18)19-10-13(21(25,26)27)5-7-16(19)23/h4-7,10-11,28H,1-3,8-9H2. The van der Waals surface area contributed by atoms with Crippen molar-refractivity contribution in [3.8, 4) is 5.69 Å². The summed E-state index contributed by atoms with van der Waals surface area (Å²) in [5, 5.41) is 9.21. The predicted molar refractivity (Wildman–Crippen MR) is 114 cm³/mol. The van der Waals surface area contributed by atoms with Crippen molar-refractivity contribution >= 4 is 40.6 Å². The van der Waals surface area contributed by atoms with Crippen LogP contribution in [0.25, 0.3) is 5.69 Å². The van der Waals surface area contributed by atoms with Crippen LogP contribution in [0, 0.1) is 0 Å². The summed E-state index contributed by atoms with van der Waals surface area (Å²) in [6.45, 7) is 0.705. The van der Waals surface area contributed by atoms with Gasteiger partial charge < -0.3 is 5.32 Å². The van der Waals surface area contributed by atoms with Gasteiger partial charge in [0, 0.05) is 28.6 Å². The van der Waals surface area contributed by atoms with Crippen LogP contribution in [-0.2, 0) is 19.0 Å². The van der Waals surface area contributed by atoms with E-state index in [1.54, 1.807) is 12.1 Å². The van der Waals surface area contributed by atoms with E-state index >= 15 is 0 Å². The first-order valence-electron chi connectivity index (χ1n) is 9.39. The molecule has 1 aliphatic rings. The van der Waals surface area contributed by atoms with Crippen molar-refractivity contribution in [1.82, 2.24) is 9.78 Å². The summed E-state index contributed by atoms with van der Waals surface area (Å²) < 4.78 is 41.3. The van der Waals surface area contributed by atoms with Crippen LogP contribution in [0.1, 0.15) is 35.2 Å². The molecule has 30 heavy (non-hydrogen) atoms. The third kappa shape index (κ3) is 4.27. The summed E-state index contributed by atoms with van der Waals surface area (Å²) in [5.74, 6) is 0.675. The highest BCUT2D eigenvalue weighted by Crippen LogP contribution is 2.36. The largest absolute Gasteiger partial charge is 0.416 e. The number of aromatic nitrogens is 2. The van der Waals surface area contributed by atoms with Gasteiger partial charge in [-0.15, -0.1) is 0 Å². The number of hydrogen-bond donors (Lipinski definition) is 1. The minimum absolute atomic E-state index is 0.186. The highest BCUT2D eigenvalue weighted by molar-refractivity contribution is 6.35. The average Bonchev–Trinajstić information content (AvgIpc) is 2.85. The summed E-state index contributed by atoms with van der Waals surface area (Å²) in [6, 6.07) is 8.49. The summed E-state index contributed by atoms with van der Waals surface area (Å²) in [6.07, 6.45) is -1.38. The lowest BCUT2D eigenvalue weighted by Gasteiger charge is -2.13. The maximum Gasteiger partial charge on any atom is 0.416 e. The molecule has 2 heterocycles. The number of hydrogen-bond acceptors (Lipinski definition) is 2. The number of rotatable bonds is 3. The van der Waals surface area contributed by atoms with Crippen molar-refractivity contribution in [3.05, 3.63) is 73.9 Å². The van der Waals surface area contributed by atoms with E-state index in [1.807, 2.05) is 6.07 Å². The molecule has 3 aromatic rings. The van der Waals surface area contributed by atoms with Gasteiger partial charge in [-0.25, -0.2) is 4.68 Å². The van der Waals surface area contributed by atoms with E-state index in [9.17, 15) is 13.2 Å². The molecule has 2 aromatic carbocycles. The van der Waals surface area contributed by atoms with Gasteiger partial charge in [0.05, 0.1) is 22.0 Å². The molecule has 0 unspecified atom stereocenters. The van der Waals surface area contributed by atoms with Gasteiger partial charge in [0.25, 0.3) is 0 Å². The molecule has 4 rings (SSSR count). The Morgan fingerprint density at radius 3 is 2.53 bits per heavy atom. The first-order chi connectivity index (χ1) is 14.2. The second kappa shape index (κ2) is 8.33. The second-order valence-corrected chi connectivity index (χ2v) is 8.40. The van der Waals surface area contributed by atoms with E-state index in [0.29, 0.717) is 28.8 Å². The van der Waals surface area contributed by atoms with Crippen LogP contribution in [0.4, 0.5) is 19.0 Å². The maximum absolute atomic E-state index is 13.3. The normalized spacial score (nSPS) is 14.2. The van der Waals surface area contributed by atoms with Gasteiger partial charge in [0.2, 0.25) is 0 Å². The van der Waals surface area contributed by atoms with E-state index in [2.05, 4.69) is 10.4 Å². The molecule has 1 aromatic heterocycles. The first kappa shape index (κ1) is 21.3. The van der Waals surface area contributed by atoms with Gasteiger partial charge >= 0.3 is 6.18 Å². The van der Waals surface area contributed by atoms with Crippen molar-refractivity contribution in [2.45, 2.75) is 31.9 Å². The van der Waals surface area contributed by atoms with Crippen molar-refractivity contribution < 1.29 is 13.2 Å². The highest BCUT2D eigenvalue weighted by Gasteiger charge is 2.32. The molecule has 0 amide bonds. The molecule has 0 radical (unpaired) electrons. The summed E-state index contributed by atoms with van der Waals surface area (Å²) in [5.41, 5.74) is 1.96. The minimum Gasteiger partial charge on any atom is -0.370 e. The molecule has 0 spiro atoms. The van der Waals surface area contributed by atoms with Crippen molar-refractivity contribution in [2.75, 3.05) is 11.9 Å². The molecule has 0 aliphatic carbocycles. The molecule has 0 bridgehead atoms. The lowest BCUT2D eigenvalue weighted by atomic mass is 10.0. The lowest BCUT2D eigenvalue weighted by Crippen LogP contribution is -2.10. The Labute approximate surface area is 186 Å². The molecular formula is C21H17Cl3F3N3. The molecular weight excluding hydrogens is 458 g/mol. The monoisotopic (exact) mass is 473 g/mol. The molecule has 0 fully saturated rings.